The van der Waals surface area contributed by atoms with E-state index in [1.807, 2.05) is 11.8 Å². The third kappa shape index (κ3) is 2.38. The van der Waals surface area contributed by atoms with Crippen LogP contribution in [0.3, 0.4) is 0 Å². The fourth-order valence-electron chi connectivity index (χ4n) is 2.21. The average Bonchev–Trinajstić information content (AvgIpc) is 2.22. The molecule has 1 aliphatic rings. The van der Waals surface area contributed by atoms with E-state index < -0.39 is 0 Å². The van der Waals surface area contributed by atoms with E-state index in [4.69, 9.17) is 5.73 Å². The summed E-state index contributed by atoms with van der Waals surface area (Å²) in [5, 5.41) is 0. The fourth-order valence-corrected chi connectivity index (χ4v) is 3.31. The minimum atomic E-state index is 0.138. The zero-order valence-corrected chi connectivity index (χ0v) is 12.3. The predicted octanol–water partition coefficient (Wildman–Crippen LogP) is 4.01. The summed E-state index contributed by atoms with van der Waals surface area (Å²) in [4.78, 5) is 0. The largest absolute Gasteiger partial charge is 0.323 e. The van der Waals surface area contributed by atoms with Gasteiger partial charge in [-0.1, -0.05) is 39.0 Å². The molecule has 17 heavy (non-hydrogen) atoms. The Morgan fingerprint density at radius 3 is 2.53 bits per heavy atom. The summed E-state index contributed by atoms with van der Waals surface area (Å²) < 4.78 is 0.142. The molecule has 1 aromatic carbocycles. The van der Waals surface area contributed by atoms with Crippen molar-refractivity contribution in [1.29, 1.82) is 0 Å². The molecule has 0 spiro atoms. The molecule has 2 N–H and O–H groups in total. The molecule has 2 rings (SSSR count). The lowest BCUT2D eigenvalue weighted by Gasteiger charge is -2.38. The van der Waals surface area contributed by atoms with Crippen LogP contribution in [-0.2, 0) is 11.2 Å². The first-order valence-electron chi connectivity index (χ1n) is 6.25. The van der Waals surface area contributed by atoms with Crippen molar-refractivity contribution in [3.63, 3.8) is 0 Å². The van der Waals surface area contributed by atoms with Gasteiger partial charge in [0.1, 0.15) is 0 Å². The number of benzene rings is 1. The molecule has 0 amide bonds. The standard InChI is InChI=1S/C15H23NS/c1-14(2,3)11-7-6-10-9-17-15(4,5)13(16)12(10)8-11/h6-8,13H,9,16H2,1-5H3. The van der Waals surface area contributed by atoms with Gasteiger partial charge >= 0.3 is 0 Å². The van der Waals surface area contributed by atoms with Gasteiger partial charge in [-0.2, -0.15) is 0 Å². The van der Waals surface area contributed by atoms with Crippen LogP contribution in [0.15, 0.2) is 18.2 Å². The lowest BCUT2D eigenvalue weighted by molar-refractivity contribution is 0.544. The van der Waals surface area contributed by atoms with Gasteiger partial charge in [0, 0.05) is 16.5 Å². The highest BCUT2D eigenvalue weighted by atomic mass is 32.2. The van der Waals surface area contributed by atoms with Crippen LogP contribution in [0.2, 0.25) is 0 Å². The van der Waals surface area contributed by atoms with Crippen molar-refractivity contribution in [3.05, 3.63) is 34.9 Å². The van der Waals surface area contributed by atoms with Gasteiger partial charge in [-0.15, -0.1) is 11.8 Å². The summed E-state index contributed by atoms with van der Waals surface area (Å²) in [6.07, 6.45) is 0. The molecular weight excluding hydrogens is 226 g/mol. The van der Waals surface area contributed by atoms with Gasteiger partial charge in [-0.25, -0.2) is 0 Å². The Balaban J connectivity index is 2.48. The monoisotopic (exact) mass is 249 g/mol. The smallest absolute Gasteiger partial charge is 0.0442 e. The maximum atomic E-state index is 6.42. The van der Waals surface area contributed by atoms with Crippen molar-refractivity contribution in [2.24, 2.45) is 5.73 Å². The van der Waals surface area contributed by atoms with Gasteiger partial charge in [-0.05, 0) is 36.0 Å². The Kier molecular flexibility index (Phi) is 3.07. The second-order valence-corrected chi connectivity index (χ2v) is 8.16. The van der Waals surface area contributed by atoms with Gasteiger partial charge in [0.2, 0.25) is 0 Å². The SMILES string of the molecule is CC(C)(C)c1ccc2c(c1)C(N)C(C)(C)SC2. The van der Waals surface area contributed by atoms with E-state index in [9.17, 15) is 0 Å². The highest BCUT2D eigenvalue weighted by Crippen LogP contribution is 2.45. The summed E-state index contributed by atoms with van der Waals surface area (Å²) in [7, 11) is 0. The number of hydrogen-bond acceptors (Lipinski definition) is 2. The molecule has 1 aromatic rings. The van der Waals surface area contributed by atoms with Crippen LogP contribution in [0.25, 0.3) is 0 Å². The summed E-state index contributed by atoms with van der Waals surface area (Å²) >= 11 is 1.96. The molecule has 0 aliphatic carbocycles. The summed E-state index contributed by atoms with van der Waals surface area (Å²) in [5.74, 6) is 1.08. The molecule has 0 saturated carbocycles. The Bertz CT molecular complexity index is 429. The maximum Gasteiger partial charge on any atom is 0.0442 e. The fraction of sp³-hybridized carbons (Fsp3) is 0.600. The first-order valence-corrected chi connectivity index (χ1v) is 7.23. The normalized spacial score (nSPS) is 23.3. The second-order valence-electron chi connectivity index (χ2n) is 6.53. The molecule has 1 aliphatic heterocycles. The maximum absolute atomic E-state index is 6.42. The average molecular weight is 249 g/mol. The minimum absolute atomic E-state index is 0.138. The molecule has 0 fully saturated rings. The van der Waals surface area contributed by atoms with E-state index in [0.717, 1.165) is 5.75 Å². The van der Waals surface area contributed by atoms with Crippen molar-refractivity contribution < 1.29 is 0 Å². The molecule has 0 bridgehead atoms. The van der Waals surface area contributed by atoms with Gasteiger partial charge in [-0.3, -0.25) is 0 Å². The second kappa shape index (κ2) is 4.03. The van der Waals surface area contributed by atoms with Crippen LogP contribution < -0.4 is 5.73 Å². The third-order valence-corrected chi connectivity index (χ3v) is 5.15. The van der Waals surface area contributed by atoms with Crippen molar-refractivity contribution in [2.45, 2.75) is 56.6 Å². The Labute approximate surface area is 109 Å². The third-order valence-electron chi connectivity index (χ3n) is 3.70. The first-order chi connectivity index (χ1) is 7.72. The van der Waals surface area contributed by atoms with Crippen LogP contribution in [0.1, 0.15) is 57.4 Å². The molecule has 0 saturated heterocycles. The van der Waals surface area contributed by atoms with E-state index in [1.54, 1.807) is 0 Å². The number of nitrogens with two attached hydrogens (primary N) is 1. The van der Waals surface area contributed by atoms with Crippen LogP contribution in [0.5, 0.6) is 0 Å². The van der Waals surface area contributed by atoms with E-state index in [0.29, 0.717) is 0 Å². The minimum Gasteiger partial charge on any atom is -0.323 e. The molecule has 94 valence electrons. The molecule has 1 unspecified atom stereocenters. The van der Waals surface area contributed by atoms with Crippen LogP contribution in [0.4, 0.5) is 0 Å². The zero-order valence-electron chi connectivity index (χ0n) is 11.5. The van der Waals surface area contributed by atoms with Crippen LogP contribution in [-0.4, -0.2) is 4.75 Å². The Hall–Kier alpha value is -0.470. The number of fused-ring (bicyclic) bond motifs is 1. The highest BCUT2D eigenvalue weighted by molar-refractivity contribution is 7.99. The Morgan fingerprint density at radius 1 is 1.29 bits per heavy atom. The molecular formula is C15H23NS. The molecule has 0 aromatic heterocycles. The topological polar surface area (TPSA) is 26.0 Å². The summed E-state index contributed by atoms with van der Waals surface area (Å²) in [6, 6.07) is 6.97. The summed E-state index contributed by atoms with van der Waals surface area (Å²) in [5.41, 5.74) is 10.8. The molecule has 0 radical (unpaired) electrons. The van der Waals surface area contributed by atoms with Gasteiger partial charge < -0.3 is 5.73 Å². The molecule has 1 nitrogen and oxygen atoms in total. The lowest BCUT2D eigenvalue weighted by Crippen LogP contribution is -2.36. The van der Waals surface area contributed by atoms with Crippen LogP contribution in [0, 0.1) is 0 Å². The van der Waals surface area contributed by atoms with Gasteiger partial charge in [0.05, 0.1) is 0 Å². The molecule has 1 heterocycles. The molecule has 2 heteroatoms. The number of rotatable bonds is 0. The highest BCUT2D eigenvalue weighted by Gasteiger charge is 2.34. The zero-order chi connectivity index (χ0) is 12.8. The van der Waals surface area contributed by atoms with Gasteiger partial charge in [0.15, 0.2) is 0 Å². The summed E-state index contributed by atoms with van der Waals surface area (Å²) in [6.45, 7) is 11.2. The number of hydrogen-bond donors (Lipinski definition) is 1. The van der Waals surface area contributed by atoms with E-state index >= 15 is 0 Å². The first kappa shape index (κ1) is 13.0. The van der Waals surface area contributed by atoms with Gasteiger partial charge in [0.25, 0.3) is 0 Å². The van der Waals surface area contributed by atoms with E-state index in [-0.39, 0.29) is 16.2 Å². The molecule has 1 atom stereocenters. The Morgan fingerprint density at radius 2 is 1.94 bits per heavy atom. The van der Waals surface area contributed by atoms with E-state index in [1.165, 1.54) is 16.7 Å². The van der Waals surface area contributed by atoms with Crippen molar-refractivity contribution in [2.75, 3.05) is 0 Å². The lowest BCUT2D eigenvalue weighted by atomic mass is 9.82. The van der Waals surface area contributed by atoms with Crippen molar-refractivity contribution >= 4 is 11.8 Å². The predicted molar refractivity (Wildman–Crippen MR) is 77.4 cm³/mol. The van der Waals surface area contributed by atoms with Crippen molar-refractivity contribution in [1.82, 2.24) is 0 Å². The van der Waals surface area contributed by atoms with Crippen molar-refractivity contribution in [3.8, 4) is 0 Å². The van der Waals surface area contributed by atoms with E-state index in [2.05, 4.69) is 52.8 Å². The van der Waals surface area contributed by atoms with Crippen LogP contribution >= 0.6 is 11.8 Å². The number of thioether (sulfide) groups is 1. The quantitative estimate of drug-likeness (QED) is 0.752.